The van der Waals surface area contributed by atoms with Crippen LogP contribution in [-0.2, 0) is 6.18 Å². The van der Waals surface area contributed by atoms with E-state index >= 15 is 0 Å². The summed E-state index contributed by atoms with van der Waals surface area (Å²) in [6.07, 6.45) is -4.34. The number of rotatable bonds is 0. The van der Waals surface area contributed by atoms with Crippen molar-refractivity contribution in [3.8, 4) is 17.9 Å². The van der Waals surface area contributed by atoms with E-state index in [1.165, 1.54) is 19.1 Å². The molecule has 0 bridgehead atoms. The minimum Gasteiger partial charge on any atom is -0.183 e. The maximum Gasteiger partial charge on any atom is 0.416 e. The highest BCUT2D eigenvalue weighted by molar-refractivity contribution is 5.43. The minimum atomic E-state index is -4.34. The molecule has 1 aromatic carbocycles. The Kier molecular flexibility index (Phi) is 3.01. The maximum absolute atomic E-state index is 12.3. The second kappa shape index (κ2) is 4.06. The maximum atomic E-state index is 12.3. The lowest BCUT2D eigenvalue weighted by molar-refractivity contribution is -0.138. The molecule has 1 aromatic rings. The van der Waals surface area contributed by atoms with Gasteiger partial charge in [-0.2, -0.15) is 18.4 Å². The lowest BCUT2D eigenvalue weighted by Gasteiger charge is -2.09. The number of halogens is 3. The fraction of sp³-hybridized carbons (Fsp3) is 0.182. The van der Waals surface area contributed by atoms with Crippen molar-refractivity contribution < 1.29 is 13.2 Å². The van der Waals surface area contributed by atoms with Crippen molar-refractivity contribution in [3.63, 3.8) is 0 Å². The van der Waals surface area contributed by atoms with Gasteiger partial charge in [-0.15, -0.1) is 0 Å². The van der Waals surface area contributed by atoms with Crippen LogP contribution in [0.1, 0.15) is 16.7 Å². The Labute approximate surface area is 85.1 Å². The lowest BCUT2D eigenvalue weighted by atomic mass is 10.1. The molecular weight excluding hydrogens is 203 g/mol. The summed E-state index contributed by atoms with van der Waals surface area (Å²) in [5.41, 5.74) is -0.167. The molecule has 0 fully saturated rings. The first-order valence-electron chi connectivity index (χ1n) is 4.03. The number of nitrogens with zero attached hydrogens (tertiary/aromatic N) is 1. The van der Waals surface area contributed by atoms with Crippen molar-refractivity contribution in [1.29, 1.82) is 5.26 Å². The molecule has 4 heteroatoms. The SMILES string of the molecule is Cc1cc(C#CC#N)ccc1C(F)(F)F. The van der Waals surface area contributed by atoms with Crippen LogP contribution in [0.3, 0.4) is 0 Å². The Morgan fingerprint density at radius 1 is 1.27 bits per heavy atom. The molecule has 0 unspecified atom stereocenters. The summed E-state index contributed by atoms with van der Waals surface area (Å²) in [6.45, 7) is 1.36. The zero-order valence-electron chi connectivity index (χ0n) is 7.81. The molecule has 0 spiro atoms. The second-order valence-electron chi connectivity index (χ2n) is 2.89. The van der Waals surface area contributed by atoms with Crippen LogP contribution in [0.4, 0.5) is 13.2 Å². The van der Waals surface area contributed by atoms with Crippen molar-refractivity contribution in [3.05, 3.63) is 34.9 Å². The quantitative estimate of drug-likeness (QED) is 0.602. The van der Waals surface area contributed by atoms with E-state index in [1.54, 1.807) is 6.07 Å². The third-order valence-corrected chi connectivity index (χ3v) is 1.79. The molecule has 1 nitrogen and oxygen atoms in total. The van der Waals surface area contributed by atoms with Crippen LogP contribution < -0.4 is 0 Å². The highest BCUT2D eigenvalue weighted by Crippen LogP contribution is 2.31. The van der Waals surface area contributed by atoms with Gasteiger partial charge in [-0.05, 0) is 30.7 Å². The van der Waals surface area contributed by atoms with Gasteiger partial charge in [-0.3, -0.25) is 0 Å². The van der Waals surface area contributed by atoms with Crippen molar-refractivity contribution >= 4 is 0 Å². The number of hydrogen-bond acceptors (Lipinski definition) is 1. The van der Waals surface area contributed by atoms with Crippen molar-refractivity contribution in [2.75, 3.05) is 0 Å². The van der Waals surface area contributed by atoms with Crippen LogP contribution in [0.2, 0.25) is 0 Å². The van der Waals surface area contributed by atoms with Gasteiger partial charge in [-0.25, -0.2) is 0 Å². The van der Waals surface area contributed by atoms with Gasteiger partial charge in [-0.1, -0.05) is 5.92 Å². The van der Waals surface area contributed by atoms with E-state index in [0.29, 0.717) is 5.56 Å². The van der Waals surface area contributed by atoms with Crippen LogP contribution in [-0.4, -0.2) is 0 Å². The molecule has 0 saturated carbocycles. The third kappa shape index (κ3) is 2.75. The number of alkyl halides is 3. The molecule has 1 rings (SSSR count). The van der Waals surface area contributed by atoms with Crippen LogP contribution in [0, 0.1) is 30.1 Å². The summed E-state index contributed by atoms with van der Waals surface area (Å²) in [7, 11) is 0. The largest absolute Gasteiger partial charge is 0.416 e. The van der Waals surface area contributed by atoms with E-state index in [2.05, 4.69) is 11.8 Å². The average molecular weight is 209 g/mol. The first-order chi connectivity index (χ1) is 6.95. The molecule has 0 radical (unpaired) electrons. The molecule has 15 heavy (non-hydrogen) atoms. The Bertz CT molecular complexity index is 469. The number of aryl methyl sites for hydroxylation is 1. The summed E-state index contributed by atoms with van der Waals surface area (Å²) in [5, 5.41) is 8.18. The normalized spacial score (nSPS) is 10.1. The predicted molar refractivity (Wildman–Crippen MR) is 48.7 cm³/mol. The summed E-state index contributed by atoms with van der Waals surface area (Å²) in [5.74, 6) is 4.56. The van der Waals surface area contributed by atoms with Gasteiger partial charge in [0.2, 0.25) is 0 Å². The molecule has 0 N–H and O–H groups in total. The van der Waals surface area contributed by atoms with Gasteiger partial charge in [0, 0.05) is 11.5 Å². The van der Waals surface area contributed by atoms with Gasteiger partial charge >= 0.3 is 6.18 Å². The van der Waals surface area contributed by atoms with Gasteiger partial charge in [0.15, 0.2) is 6.07 Å². The summed E-state index contributed by atoms with van der Waals surface area (Å²) >= 11 is 0. The zero-order chi connectivity index (χ0) is 11.5. The van der Waals surface area contributed by atoms with Gasteiger partial charge < -0.3 is 0 Å². The number of benzene rings is 1. The predicted octanol–water partition coefficient (Wildman–Crippen LogP) is 2.89. The average Bonchev–Trinajstić information content (AvgIpc) is 2.12. The van der Waals surface area contributed by atoms with E-state index in [1.807, 2.05) is 0 Å². The number of nitriles is 1. The van der Waals surface area contributed by atoms with Crippen molar-refractivity contribution in [2.45, 2.75) is 13.1 Å². The van der Waals surface area contributed by atoms with Crippen LogP contribution in [0.15, 0.2) is 18.2 Å². The van der Waals surface area contributed by atoms with E-state index in [4.69, 9.17) is 5.26 Å². The molecule has 0 aromatic heterocycles. The van der Waals surface area contributed by atoms with Crippen molar-refractivity contribution in [1.82, 2.24) is 0 Å². The molecule has 76 valence electrons. The zero-order valence-corrected chi connectivity index (χ0v) is 7.81. The Morgan fingerprint density at radius 3 is 2.40 bits per heavy atom. The first-order valence-corrected chi connectivity index (χ1v) is 4.03. The summed E-state index contributed by atoms with van der Waals surface area (Å²) in [6, 6.07) is 5.13. The molecule has 0 amide bonds. The van der Waals surface area contributed by atoms with Gasteiger partial charge in [0.1, 0.15) is 0 Å². The molecule has 0 aliphatic rings. The van der Waals surface area contributed by atoms with Crippen molar-refractivity contribution in [2.24, 2.45) is 0 Å². The molecule has 0 atom stereocenters. The topological polar surface area (TPSA) is 23.8 Å². The highest BCUT2D eigenvalue weighted by Gasteiger charge is 2.31. The number of hydrogen-bond donors (Lipinski definition) is 0. The Balaban J connectivity index is 3.16. The second-order valence-corrected chi connectivity index (χ2v) is 2.89. The first kappa shape index (κ1) is 11.1. The standard InChI is InChI=1S/C11H6F3N/c1-8-7-9(3-2-6-15)4-5-10(8)11(12,13)14/h4-5,7H,1H3. The fourth-order valence-corrected chi connectivity index (χ4v) is 1.16. The molecule has 0 heterocycles. The molecular formula is C11H6F3N. The van der Waals surface area contributed by atoms with E-state index < -0.39 is 11.7 Å². The van der Waals surface area contributed by atoms with Gasteiger partial charge in [0.05, 0.1) is 5.56 Å². The van der Waals surface area contributed by atoms with Crippen LogP contribution >= 0.6 is 0 Å². The van der Waals surface area contributed by atoms with E-state index in [9.17, 15) is 13.2 Å². The Hall–Kier alpha value is -1.94. The lowest BCUT2D eigenvalue weighted by Crippen LogP contribution is -2.07. The highest BCUT2D eigenvalue weighted by atomic mass is 19.4. The Morgan fingerprint density at radius 2 is 1.93 bits per heavy atom. The molecule has 0 saturated heterocycles. The summed E-state index contributed by atoms with van der Waals surface area (Å²) < 4.78 is 37.0. The molecule has 0 aliphatic carbocycles. The van der Waals surface area contributed by atoms with E-state index in [-0.39, 0.29) is 5.56 Å². The van der Waals surface area contributed by atoms with Gasteiger partial charge in [0.25, 0.3) is 0 Å². The fourth-order valence-electron chi connectivity index (χ4n) is 1.16. The smallest absolute Gasteiger partial charge is 0.183 e. The summed E-state index contributed by atoms with van der Waals surface area (Å²) in [4.78, 5) is 0. The monoisotopic (exact) mass is 209 g/mol. The molecule has 0 aliphatic heterocycles. The third-order valence-electron chi connectivity index (χ3n) is 1.79. The minimum absolute atomic E-state index is 0.104. The van der Waals surface area contributed by atoms with Crippen LogP contribution in [0.25, 0.3) is 0 Å². The van der Waals surface area contributed by atoms with Crippen LogP contribution in [0.5, 0.6) is 0 Å². The van der Waals surface area contributed by atoms with E-state index in [0.717, 1.165) is 6.07 Å².